The van der Waals surface area contributed by atoms with Crippen molar-refractivity contribution in [2.75, 3.05) is 24.2 Å². The lowest BCUT2D eigenvalue weighted by molar-refractivity contribution is 0.217. The van der Waals surface area contributed by atoms with Crippen molar-refractivity contribution in [2.45, 2.75) is 6.92 Å². The highest BCUT2D eigenvalue weighted by Gasteiger charge is 2.20. The standard InChI is InChI=1S/C13H16N2O4S/c1-10-12(15-20(16,17)9-8-18-2)13(19-14-10)11-6-4-3-5-7-11/h3-7,15H,8-9H2,1-2H3. The van der Waals surface area contributed by atoms with Crippen LogP contribution in [0.1, 0.15) is 5.69 Å². The third kappa shape index (κ3) is 3.37. The predicted octanol–water partition coefficient (Wildman–Crippen LogP) is 2.04. The number of aryl methyl sites for hydroxylation is 1. The second kappa shape index (κ2) is 6.06. The van der Waals surface area contributed by atoms with E-state index < -0.39 is 10.0 Å². The molecule has 6 nitrogen and oxygen atoms in total. The molecule has 2 aromatic rings. The van der Waals surface area contributed by atoms with Crippen LogP contribution in [0.15, 0.2) is 34.9 Å². The molecule has 0 bridgehead atoms. The Hall–Kier alpha value is -1.86. The fourth-order valence-corrected chi connectivity index (χ4v) is 2.72. The lowest BCUT2D eigenvalue weighted by Crippen LogP contribution is -2.20. The highest BCUT2D eigenvalue weighted by atomic mass is 32.2. The number of anilines is 1. The molecule has 0 atom stereocenters. The van der Waals surface area contributed by atoms with E-state index in [-0.39, 0.29) is 12.4 Å². The summed E-state index contributed by atoms with van der Waals surface area (Å²) in [6.07, 6.45) is 0. The average molecular weight is 296 g/mol. The van der Waals surface area contributed by atoms with Crippen molar-refractivity contribution in [3.05, 3.63) is 36.0 Å². The number of methoxy groups -OCH3 is 1. The van der Waals surface area contributed by atoms with Gasteiger partial charge in [0.15, 0.2) is 5.76 Å². The van der Waals surface area contributed by atoms with Gasteiger partial charge in [0.05, 0.1) is 12.4 Å². The van der Waals surface area contributed by atoms with E-state index in [1.54, 1.807) is 6.92 Å². The van der Waals surface area contributed by atoms with Gasteiger partial charge in [0.2, 0.25) is 10.0 Å². The number of rotatable bonds is 6. The Kier molecular flexibility index (Phi) is 4.41. The summed E-state index contributed by atoms with van der Waals surface area (Å²) in [5.74, 6) is 0.284. The molecule has 0 fully saturated rings. The van der Waals surface area contributed by atoms with Crippen LogP contribution in [0.2, 0.25) is 0 Å². The van der Waals surface area contributed by atoms with Crippen molar-refractivity contribution in [3.63, 3.8) is 0 Å². The highest BCUT2D eigenvalue weighted by Crippen LogP contribution is 2.31. The largest absolute Gasteiger partial charge is 0.384 e. The van der Waals surface area contributed by atoms with Crippen LogP contribution >= 0.6 is 0 Å². The molecule has 0 amide bonds. The third-order valence-corrected chi connectivity index (χ3v) is 3.93. The molecule has 1 heterocycles. The van der Waals surface area contributed by atoms with Crippen LogP contribution in [0.3, 0.4) is 0 Å². The molecule has 0 aliphatic carbocycles. The first kappa shape index (κ1) is 14.5. The second-order valence-corrected chi connectivity index (χ2v) is 6.09. The van der Waals surface area contributed by atoms with Crippen molar-refractivity contribution in [2.24, 2.45) is 0 Å². The van der Waals surface area contributed by atoms with Gasteiger partial charge in [-0.3, -0.25) is 4.72 Å². The average Bonchev–Trinajstić information content (AvgIpc) is 2.79. The molecule has 2 rings (SSSR count). The quantitative estimate of drug-likeness (QED) is 0.882. The van der Waals surface area contributed by atoms with E-state index in [4.69, 9.17) is 9.26 Å². The molecule has 0 aliphatic heterocycles. The molecule has 1 aromatic carbocycles. The number of ether oxygens (including phenoxy) is 1. The van der Waals surface area contributed by atoms with Crippen molar-refractivity contribution in [1.82, 2.24) is 5.16 Å². The summed E-state index contributed by atoms with van der Waals surface area (Å²) in [6, 6.07) is 9.21. The maximum absolute atomic E-state index is 11.9. The molecule has 1 aromatic heterocycles. The van der Waals surface area contributed by atoms with Gasteiger partial charge in [-0.15, -0.1) is 0 Å². The summed E-state index contributed by atoms with van der Waals surface area (Å²) in [7, 11) is -2.04. The molecule has 7 heteroatoms. The SMILES string of the molecule is COCCS(=O)(=O)Nc1c(C)noc1-c1ccccc1. The predicted molar refractivity (Wildman–Crippen MR) is 76.0 cm³/mol. The molecule has 1 N–H and O–H groups in total. The van der Waals surface area contributed by atoms with Crippen molar-refractivity contribution >= 4 is 15.7 Å². The fraction of sp³-hybridized carbons (Fsp3) is 0.308. The van der Waals surface area contributed by atoms with Crippen LogP contribution in [0.5, 0.6) is 0 Å². The summed E-state index contributed by atoms with van der Waals surface area (Å²) in [6.45, 7) is 1.81. The third-order valence-electron chi connectivity index (χ3n) is 2.71. The van der Waals surface area contributed by atoms with Crippen LogP contribution in [0.25, 0.3) is 11.3 Å². The highest BCUT2D eigenvalue weighted by molar-refractivity contribution is 7.92. The first-order chi connectivity index (χ1) is 9.53. The zero-order chi connectivity index (χ0) is 14.6. The summed E-state index contributed by atoms with van der Waals surface area (Å²) < 4.78 is 36.4. The Morgan fingerprint density at radius 1 is 1.30 bits per heavy atom. The number of nitrogens with zero attached hydrogens (tertiary/aromatic N) is 1. The molecule has 0 saturated carbocycles. The summed E-state index contributed by atoms with van der Waals surface area (Å²) in [5.41, 5.74) is 1.62. The van der Waals surface area contributed by atoms with Gasteiger partial charge in [-0.25, -0.2) is 8.42 Å². The molecular formula is C13H16N2O4S. The summed E-state index contributed by atoms with van der Waals surface area (Å²) in [4.78, 5) is 0. The van der Waals surface area contributed by atoms with E-state index in [9.17, 15) is 8.42 Å². The first-order valence-electron chi connectivity index (χ1n) is 6.04. The Morgan fingerprint density at radius 3 is 2.65 bits per heavy atom. The monoisotopic (exact) mass is 296 g/mol. The van der Waals surface area contributed by atoms with E-state index in [1.807, 2.05) is 30.3 Å². The van der Waals surface area contributed by atoms with Crippen LogP contribution in [0.4, 0.5) is 5.69 Å². The van der Waals surface area contributed by atoms with Gasteiger partial charge in [-0.05, 0) is 6.92 Å². The van der Waals surface area contributed by atoms with E-state index in [2.05, 4.69) is 9.88 Å². The Labute approximate surface area is 117 Å². The second-order valence-electron chi connectivity index (χ2n) is 4.25. The van der Waals surface area contributed by atoms with Gasteiger partial charge < -0.3 is 9.26 Å². The number of benzene rings is 1. The first-order valence-corrected chi connectivity index (χ1v) is 7.70. The van der Waals surface area contributed by atoms with Gasteiger partial charge >= 0.3 is 0 Å². The molecule has 0 aliphatic rings. The van der Waals surface area contributed by atoms with Gasteiger partial charge in [-0.2, -0.15) is 0 Å². The zero-order valence-corrected chi connectivity index (χ0v) is 12.1. The number of hydrogen-bond donors (Lipinski definition) is 1. The molecule has 0 spiro atoms. The lowest BCUT2D eigenvalue weighted by atomic mass is 10.1. The molecule has 0 radical (unpaired) electrons. The smallest absolute Gasteiger partial charge is 0.235 e. The summed E-state index contributed by atoms with van der Waals surface area (Å²) in [5, 5.41) is 3.82. The van der Waals surface area contributed by atoms with E-state index in [0.29, 0.717) is 17.1 Å². The Balaban J connectivity index is 2.31. The van der Waals surface area contributed by atoms with Crippen molar-refractivity contribution in [3.8, 4) is 11.3 Å². The molecule has 0 saturated heterocycles. The molecular weight excluding hydrogens is 280 g/mol. The van der Waals surface area contributed by atoms with Crippen LogP contribution in [0, 0.1) is 6.92 Å². The lowest BCUT2D eigenvalue weighted by Gasteiger charge is -2.07. The number of nitrogens with one attached hydrogen (secondary N) is 1. The van der Waals surface area contributed by atoms with Crippen LogP contribution < -0.4 is 4.72 Å². The Bertz CT molecular complexity index is 665. The minimum atomic E-state index is -3.49. The molecule has 20 heavy (non-hydrogen) atoms. The molecule has 108 valence electrons. The number of sulfonamides is 1. The number of aromatic nitrogens is 1. The van der Waals surface area contributed by atoms with Gasteiger partial charge in [0.1, 0.15) is 11.4 Å². The van der Waals surface area contributed by atoms with Crippen LogP contribution in [-0.2, 0) is 14.8 Å². The fourth-order valence-electron chi connectivity index (χ4n) is 1.68. The van der Waals surface area contributed by atoms with Gasteiger partial charge in [-0.1, -0.05) is 35.5 Å². The van der Waals surface area contributed by atoms with Crippen LogP contribution in [-0.4, -0.2) is 33.0 Å². The van der Waals surface area contributed by atoms with Crippen molar-refractivity contribution < 1.29 is 17.7 Å². The van der Waals surface area contributed by atoms with E-state index in [1.165, 1.54) is 7.11 Å². The topological polar surface area (TPSA) is 81.4 Å². The maximum atomic E-state index is 11.9. The minimum Gasteiger partial charge on any atom is -0.384 e. The van der Waals surface area contributed by atoms with Gasteiger partial charge in [0, 0.05) is 12.7 Å². The summed E-state index contributed by atoms with van der Waals surface area (Å²) >= 11 is 0. The normalized spacial score (nSPS) is 11.5. The minimum absolute atomic E-state index is 0.123. The molecule has 0 unspecified atom stereocenters. The van der Waals surface area contributed by atoms with Crippen molar-refractivity contribution in [1.29, 1.82) is 0 Å². The van der Waals surface area contributed by atoms with E-state index in [0.717, 1.165) is 5.56 Å². The zero-order valence-electron chi connectivity index (χ0n) is 11.3. The maximum Gasteiger partial charge on any atom is 0.235 e. The number of hydrogen-bond acceptors (Lipinski definition) is 5. The van der Waals surface area contributed by atoms with Gasteiger partial charge in [0.25, 0.3) is 0 Å². The Morgan fingerprint density at radius 2 is 2.00 bits per heavy atom. The van der Waals surface area contributed by atoms with E-state index >= 15 is 0 Å².